The van der Waals surface area contributed by atoms with E-state index >= 15 is 0 Å². The van der Waals surface area contributed by atoms with Crippen molar-refractivity contribution in [2.75, 3.05) is 11.9 Å². The number of rotatable bonds is 7. The topological polar surface area (TPSA) is 92.3 Å². The molecule has 0 fully saturated rings. The number of imide groups is 1. The number of carbonyl (C=O) groups excluding carboxylic acids is 3. The number of hydrogen-bond donors (Lipinski definition) is 1. The zero-order valence-electron chi connectivity index (χ0n) is 16.4. The Morgan fingerprint density at radius 1 is 1.00 bits per heavy atom. The van der Waals surface area contributed by atoms with Gasteiger partial charge in [-0.15, -0.1) is 10.2 Å². The van der Waals surface area contributed by atoms with E-state index in [1.807, 2.05) is 37.3 Å². The standard InChI is InChI=1S/C22H20N4O3S/c1-2-6-18-24-25-22(30-18)23-19(27)15-9-10-16-17(13-15)21(29)26(20(16)28)12-11-14-7-4-3-5-8-14/h3-5,7-10,13H,2,6,11-12H2,1H3,(H,23,25,27). The minimum Gasteiger partial charge on any atom is -0.296 e. The Bertz CT molecular complexity index is 1110. The van der Waals surface area contributed by atoms with Gasteiger partial charge in [0, 0.05) is 18.5 Å². The van der Waals surface area contributed by atoms with Gasteiger partial charge in [0.2, 0.25) is 5.13 Å². The van der Waals surface area contributed by atoms with E-state index in [0.29, 0.717) is 29.2 Å². The van der Waals surface area contributed by atoms with Gasteiger partial charge in [-0.2, -0.15) is 0 Å². The molecule has 0 bridgehead atoms. The smallest absolute Gasteiger partial charge is 0.261 e. The molecule has 0 saturated heterocycles. The van der Waals surface area contributed by atoms with Crippen LogP contribution in [0.1, 0.15) is 55.0 Å². The second kappa shape index (κ2) is 8.54. The number of nitrogens with one attached hydrogen (secondary N) is 1. The van der Waals surface area contributed by atoms with Crippen LogP contribution in [0.3, 0.4) is 0 Å². The molecule has 30 heavy (non-hydrogen) atoms. The van der Waals surface area contributed by atoms with Gasteiger partial charge in [0.15, 0.2) is 0 Å². The predicted molar refractivity (Wildman–Crippen MR) is 114 cm³/mol. The first kappa shape index (κ1) is 19.9. The molecule has 0 unspecified atom stereocenters. The maximum atomic E-state index is 12.8. The summed E-state index contributed by atoms with van der Waals surface area (Å²) in [7, 11) is 0. The summed E-state index contributed by atoms with van der Waals surface area (Å²) in [5, 5.41) is 12.0. The maximum Gasteiger partial charge on any atom is 0.261 e. The lowest BCUT2D eigenvalue weighted by Gasteiger charge is -2.13. The van der Waals surface area contributed by atoms with Crippen molar-refractivity contribution in [3.05, 3.63) is 75.8 Å². The molecule has 0 spiro atoms. The van der Waals surface area contributed by atoms with Crippen LogP contribution in [0.4, 0.5) is 5.13 Å². The molecule has 3 aromatic rings. The second-order valence-electron chi connectivity index (χ2n) is 6.96. The summed E-state index contributed by atoms with van der Waals surface area (Å²) in [6.45, 7) is 2.34. The van der Waals surface area contributed by atoms with Gasteiger partial charge in [0.05, 0.1) is 11.1 Å². The molecule has 0 atom stereocenters. The molecule has 1 aliphatic heterocycles. The molecule has 1 N–H and O–H groups in total. The highest BCUT2D eigenvalue weighted by Gasteiger charge is 2.35. The Balaban J connectivity index is 1.47. The first-order chi connectivity index (χ1) is 14.6. The fraction of sp³-hybridized carbons (Fsp3) is 0.227. The van der Waals surface area contributed by atoms with Crippen molar-refractivity contribution in [2.24, 2.45) is 0 Å². The van der Waals surface area contributed by atoms with Gasteiger partial charge in [-0.3, -0.25) is 24.6 Å². The van der Waals surface area contributed by atoms with Crippen LogP contribution in [0.15, 0.2) is 48.5 Å². The highest BCUT2D eigenvalue weighted by molar-refractivity contribution is 7.15. The number of carbonyl (C=O) groups is 3. The zero-order valence-corrected chi connectivity index (χ0v) is 17.2. The fourth-order valence-electron chi connectivity index (χ4n) is 3.31. The van der Waals surface area contributed by atoms with Crippen LogP contribution in [0.2, 0.25) is 0 Å². The van der Waals surface area contributed by atoms with Gasteiger partial charge >= 0.3 is 0 Å². The van der Waals surface area contributed by atoms with Crippen molar-refractivity contribution in [1.82, 2.24) is 15.1 Å². The summed E-state index contributed by atoms with van der Waals surface area (Å²) < 4.78 is 0. The second-order valence-corrected chi connectivity index (χ2v) is 8.03. The summed E-state index contributed by atoms with van der Waals surface area (Å²) in [5.41, 5.74) is 1.93. The summed E-state index contributed by atoms with van der Waals surface area (Å²) in [6.07, 6.45) is 2.34. The minimum atomic E-state index is -0.389. The van der Waals surface area contributed by atoms with Crippen LogP contribution >= 0.6 is 11.3 Å². The van der Waals surface area contributed by atoms with Gasteiger partial charge in [-0.1, -0.05) is 48.6 Å². The van der Waals surface area contributed by atoms with E-state index < -0.39 is 0 Å². The van der Waals surface area contributed by atoms with Crippen molar-refractivity contribution < 1.29 is 14.4 Å². The van der Waals surface area contributed by atoms with Gasteiger partial charge < -0.3 is 0 Å². The number of fused-ring (bicyclic) bond motifs is 1. The number of anilines is 1. The van der Waals surface area contributed by atoms with Crippen LogP contribution in [0.5, 0.6) is 0 Å². The third-order valence-electron chi connectivity index (χ3n) is 4.85. The van der Waals surface area contributed by atoms with Crippen LogP contribution in [-0.2, 0) is 12.8 Å². The number of hydrogen-bond acceptors (Lipinski definition) is 6. The Kier molecular flexibility index (Phi) is 5.67. The van der Waals surface area contributed by atoms with Crippen molar-refractivity contribution in [1.29, 1.82) is 0 Å². The van der Waals surface area contributed by atoms with E-state index in [2.05, 4.69) is 15.5 Å². The zero-order chi connectivity index (χ0) is 21.1. The average molecular weight is 420 g/mol. The van der Waals surface area contributed by atoms with E-state index in [1.165, 1.54) is 28.4 Å². The van der Waals surface area contributed by atoms with Crippen LogP contribution in [0, 0.1) is 0 Å². The number of benzene rings is 2. The highest BCUT2D eigenvalue weighted by Crippen LogP contribution is 2.25. The fourth-order valence-corrected chi connectivity index (χ4v) is 4.15. The summed E-state index contributed by atoms with van der Waals surface area (Å²) in [6, 6.07) is 14.2. The molecule has 8 heteroatoms. The first-order valence-electron chi connectivity index (χ1n) is 9.74. The maximum absolute atomic E-state index is 12.8. The summed E-state index contributed by atoms with van der Waals surface area (Å²) >= 11 is 1.33. The predicted octanol–water partition coefficient (Wildman–Crippen LogP) is 3.58. The first-order valence-corrected chi connectivity index (χ1v) is 10.6. The lowest BCUT2D eigenvalue weighted by Crippen LogP contribution is -2.31. The molecular formula is C22H20N4O3S. The van der Waals surface area contributed by atoms with Gasteiger partial charge in [-0.05, 0) is 36.6 Å². The van der Waals surface area contributed by atoms with Crippen molar-refractivity contribution in [3.8, 4) is 0 Å². The number of aromatic nitrogens is 2. The normalized spacial score (nSPS) is 12.9. The lowest BCUT2D eigenvalue weighted by atomic mass is 10.1. The SMILES string of the molecule is CCCc1nnc(NC(=O)c2ccc3c(c2)C(=O)N(CCc2ccccc2)C3=O)s1. The van der Waals surface area contributed by atoms with Gasteiger partial charge in [-0.25, -0.2) is 0 Å². The van der Waals surface area contributed by atoms with E-state index in [9.17, 15) is 14.4 Å². The van der Waals surface area contributed by atoms with Crippen LogP contribution in [-0.4, -0.2) is 39.4 Å². The Morgan fingerprint density at radius 2 is 1.77 bits per heavy atom. The molecule has 0 saturated carbocycles. The van der Waals surface area contributed by atoms with Crippen molar-refractivity contribution >= 4 is 34.2 Å². The Hall–Kier alpha value is -3.39. The number of amides is 3. The summed E-state index contributed by atoms with van der Waals surface area (Å²) in [4.78, 5) is 39.3. The summed E-state index contributed by atoms with van der Waals surface area (Å²) in [5.74, 6) is -1.09. The monoisotopic (exact) mass is 420 g/mol. The molecular weight excluding hydrogens is 400 g/mol. The van der Waals surface area contributed by atoms with Gasteiger partial charge in [0.25, 0.3) is 17.7 Å². The lowest BCUT2D eigenvalue weighted by molar-refractivity contribution is 0.0656. The Labute approximate surface area is 177 Å². The number of aryl methyl sites for hydroxylation is 1. The van der Waals surface area contributed by atoms with Gasteiger partial charge in [0.1, 0.15) is 5.01 Å². The molecule has 7 nitrogen and oxygen atoms in total. The Morgan fingerprint density at radius 3 is 2.53 bits per heavy atom. The molecule has 152 valence electrons. The van der Waals surface area contributed by atoms with Crippen molar-refractivity contribution in [2.45, 2.75) is 26.2 Å². The highest BCUT2D eigenvalue weighted by atomic mass is 32.1. The molecule has 4 rings (SSSR count). The van der Waals surface area contributed by atoms with E-state index in [1.54, 1.807) is 6.07 Å². The van der Waals surface area contributed by atoms with Crippen molar-refractivity contribution in [3.63, 3.8) is 0 Å². The third kappa shape index (κ3) is 3.99. The molecule has 0 radical (unpaired) electrons. The number of nitrogens with zero attached hydrogens (tertiary/aromatic N) is 3. The van der Waals surface area contributed by atoms with Crippen LogP contribution < -0.4 is 5.32 Å². The van der Waals surface area contributed by atoms with E-state index in [-0.39, 0.29) is 23.3 Å². The quantitative estimate of drug-likeness (QED) is 0.590. The average Bonchev–Trinajstić information content (AvgIpc) is 3.29. The minimum absolute atomic E-state index is 0.254. The van der Waals surface area contributed by atoms with E-state index in [4.69, 9.17) is 0 Å². The largest absolute Gasteiger partial charge is 0.296 e. The van der Waals surface area contributed by atoms with Crippen LogP contribution in [0.25, 0.3) is 0 Å². The molecule has 3 amide bonds. The molecule has 2 heterocycles. The van der Waals surface area contributed by atoms with E-state index in [0.717, 1.165) is 23.4 Å². The molecule has 1 aliphatic rings. The molecule has 0 aliphatic carbocycles. The molecule has 1 aromatic heterocycles. The third-order valence-corrected chi connectivity index (χ3v) is 5.75. The molecule has 2 aromatic carbocycles.